The van der Waals surface area contributed by atoms with Crippen LogP contribution in [0.4, 0.5) is 22.0 Å². The summed E-state index contributed by atoms with van der Waals surface area (Å²) in [5.74, 6) is 0. The van der Waals surface area contributed by atoms with Crippen LogP contribution in [0, 0.1) is 0 Å². The van der Waals surface area contributed by atoms with Crippen LogP contribution in [-0.2, 0) is 0 Å². The molecule has 0 N–H and O–H groups in total. The van der Waals surface area contributed by atoms with Crippen LogP contribution in [0.1, 0.15) is 13.8 Å². The Labute approximate surface area is 72.8 Å². The maximum Gasteiger partial charge on any atom is 0.413 e. The summed E-state index contributed by atoms with van der Waals surface area (Å²) >= 11 is 0. The highest BCUT2D eigenvalue weighted by Gasteiger charge is 2.33. The molecule has 0 aromatic carbocycles. The third-order valence-corrected chi connectivity index (χ3v) is 1.45. The van der Waals surface area contributed by atoms with E-state index in [1.807, 2.05) is 0 Å². The minimum atomic E-state index is -4.56. The summed E-state index contributed by atoms with van der Waals surface area (Å²) < 4.78 is 60.3. The molecule has 0 amide bonds. The second-order valence-corrected chi connectivity index (χ2v) is 2.76. The van der Waals surface area contributed by atoms with Gasteiger partial charge in [0.1, 0.15) is 0 Å². The number of hydrogen-bond acceptors (Lipinski definition) is 1. The number of rotatable bonds is 2. The maximum atomic E-state index is 12.4. The van der Waals surface area contributed by atoms with Crippen molar-refractivity contribution >= 4 is 0 Å². The van der Waals surface area contributed by atoms with Crippen molar-refractivity contribution in [3.8, 4) is 0 Å². The molecule has 13 heavy (non-hydrogen) atoms. The Bertz CT molecular complexity index is 200. The molecule has 78 valence electrons. The Morgan fingerprint density at radius 3 is 1.77 bits per heavy atom. The van der Waals surface area contributed by atoms with Gasteiger partial charge >= 0.3 is 12.2 Å². The first-order valence-corrected chi connectivity index (χ1v) is 3.41. The molecule has 0 aliphatic rings. The monoisotopic (exact) mass is 203 g/mol. The average Bonchev–Trinajstić information content (AvgIpc) is 1.82. The van der Waals surface area contributed by atoms with E-state index >= 15 is 0 Å². The summed E-state index contributed by atoms with van der Waals surface area (Å²) in [7, 11) is 0.884. The van der Waals surface area contributed by atoms with Crippen LogP contribution in [0.25, 0.3) is 0 Å². The van der Waals surface area contributed by atoms with Gasteiger partial charge in [0, 0.05) is 25.7 Å². The lowest BCUT2D eigenvalue weighted by Gasteiger charge is -2.23. The number of hydrogen-bond donors (Lipinski definition) is 0. The van der Waals surface area contributed by atoms with Gasteiger partial charge in [-0.1, -0.05) is 0 Å². The Balaban J connectivity index is 4.59. The zero-order valence-corrected chi connectivity index (χ0v) is 7.41. The van der Waals surface area contributed by atoms with E-state index < -0.39 is 17.8 Å². The molecule has 0 aromatic rings. The predicted molar refractivity (Wildman–Crippen MR) is 38.2 cm³/mol. The van der Waals surface area contributed by atoms with E-state index in [1.54, 1.807) is 0 Å². The largest absolute Gasteiger partial charge is 0.413 e. The molecule has 0 heterocycles. The van der Waals surface area contributed by atoms with Gasteiger partial charge in [0.25, 0.3) is 0 Å². The van der Waals surface area contributed by atoms with Crippen LogP contribution in [-0.4, -0.2) is 24.2 Å². The van der Waals surface area contributed by atoms with Crippen molar-refractivity contribution in [1.29, 1.82) is 0 Å². The maximum absolute atomic E-state index is 12.4. The summed E-state index contributed by atoms with van der Waals surface area (Å²) in [4.78, 5) is 0.218. The first-order valence-electron chi connectivity index (χ1n) is 3.41. The van der Waals surface area contributed by atoms with Gasteiger partial charge in [0.05, 0.1) is 0 Å². The Morgan fingerprint density at radius 2 is 1.54 bits per heavy atom. The molecule has 0 unspecified atom stereocenters. The van der Waals surface area contributed by atoms with Crippen LogP contribution < -0.4 is 0 Å². The highest BCUT2D eigenvalue weighted by Crippen LogP contribution is 2.27. The predicted octanol–water partition coefficient (Wildman–Crippen LogP) is 3.00. The first kappa shape index (κ1) is 12.2. The van der Waals surface area contributed by atoms with Gasteiger partial charge in [-0.2, -0.15) is 22.0 Å². The van der Waals surface area contributed by atoms with E-state index in [0.717, 1.165) is 14.0 Å². The third-order valence-electron chi connectivity index (χ3n) is 1.45. The van der Waals surface area contributed by atoms with Gasteiger partial charge in [-0.05, 0) is 6.92 Å². The van der Waals surface area contributed by atoms with Gasteiger partial charge in [-0.15, -0.1) is 0 Å². The first-order chi connectivity index (χ1) is 5.55. The molecule has 6 heteroatoms. The summed E-state index contributed by atoms with van der Waals surface area (Å²) in [6.45, 7) is 1.26. The average molecular weight is 203 g/mol. The fourth-order valence-electron chi connectivity index (χ4n) is 0.477. The lowest BCUT2D eigenvalue weighted by Crippen LogP contribution is -2.32. The van der Waals surface area contributed by atoms with Crippen molar-refractivity contribution in [2.45, 2.75) is 26.1 Å². The van der Waals surface area contributed by atoms with Gasteiger partial charge in [-0.25, -0.2) is 0 Å². The number of halogens is 5. The zero-order chi connectivity index (χ0) is 10.9. The molecular formula is C7H10F5N. The summed E-state index contributed by atoms with van der Waals surface area (Å²) in [6.07, 6.45) is -4.18. The molecule has 0 aliphatic carbocycles. The summed E-state index contributed by atoms with van der Waals surface area (Å²) in [5.41, 5.74) is -1.06. The van der Waals surface area contributed by atoms with Crippen molar-refractivity contribution in [3.05, 3.63) is 11.8 Å². The highest BCUT2D eigenvalue weighted by atomic mass is 19.4. The van der Waals surface area contributed by atoms with Gasteiger partial charge in [0.15, 0.2) is 0 Å². The van der Waals surface area contributed by atoms with E-state index in [1.165, 1.54) is 0 Å². The molecular weight excluding hydrogens is 193 g/mol. The summed E-state index contributed by atoms with van der Waals surface area (Å²) in [5, 5.41) is 0. The third kappa shape index (κ3) is 4.10. The van der Waals surface area contributed by atoms with Crippen LogP contribution in [0.3, 0.4) is 0 Å². The van der Waals surface area contributed by atoms with Crippen molar-refractivity contribution in [2.24, 2.45) is 0 Å². The van der Waals surface area contributed by atoms with Crippen molar-refractivity contribution in [3.63, 3.8) is 0 Å². The molecule has 0 radical (unpaired) electrons. The molecule has 0 rings (SSSR count). The summed E-state index contributed by atoms with van der Waals surface area (Å²) in [6, 6.07) is -3.29. The minimum absolute atomic E-state index is 0.218. The van der Waals surface area contributed by atoms with Crippen LogP contribution in [0.5, 0.6) is 0 Å². The van der Waals surface area contributed by atoms with Crippen LogP contribution in [0.15, 0.2) is 11.8 Å². The highest BCUT2D eigenvalue weighted by molar-refractivity contribution is 5.04. The van der Waals surface area contributed by atoms with E-state index in [4.69, 9.17) is 0 Å². The van der Waals surface area contributed by atoms with Gasteiger partial charge < -0.3 is 4.90 Å². The molecule has 0 aliphatic heterocycles. The molecule has 0 saturated carbocycles. The standard InChI is InChI=1S/C7H10F5N/c1-5(7(10,11)12)4-13(3)6(2,8)9/h4H,1-3H3. The van der Waals surface area contributed by atoms with E-state index in [0.29, 0.717) is 13.1 Å². The van der Waals surface area contributed by atoms with Crippen molar-refractivity contribution in [2.75, 3.05) is 7.05 Å². The quantitative estimate of drug-likeness (QED) is 0.492. The smallest absolute Gasteiger partial charge is 0.323 e. The van der Waals surface area contributed by atoms with Crippen LogP contribution >= 0.6 is 0 Å². The second kappa shape index (κ2) is 3.51. The minimum Gasteiger partial charge on any atom is -0.323 e. The Kier molecular flexibility index (Phi) is 3.29. The van der Waals surface area contributed by atoms with E-state index in [2.05, 4.69) is 0 Å². The lowest BCUT2D eigenvalue weighted by atomic mass is 10.3. The van der Waals surface area contributed by atoms with E-state index in [9.17, 15) is 22.0 Å². The van der Waals surface area contributed by atoms with Gasteiger partial charge in [-0.3, -0.25) is 0 Å². The Hall–Kier alpha value is -0.810. The normalized spacial score (nSPS) is 14.6. The SMILES string of the molecule is CC(=CN(C)C(C)(F)F)C(F)(F)F. The second-order valence-electron chi connectivity index (χ2n) is 2.76. The molecule has 0 aromatic heterocycles. The number of alkyl halides is 5. The number of allylic oxidation sites excluding steroid dienone is 1. The fourth-order valence-corrected chi connectivity index (χ4v) is 0.477. The topological polar surface area (TPSA) is 3.24 Å². The Morgan fingerprint density at radius 1 is 1.15 bits per heavy atom. The van der Waals surface area contributed by atoms with Crippen molar-refractivity contribution in [1.82, 2.24) is 4.90 Å². The molecule has 0 saturated heterocycles. The zero-order valence-electron chi connectivity index (χ0n) is 7.41. The van der Waals surface area contributed by atoms with E-state index in [-0.39, 0.29) is 4.90 Å². The van der Waals surface area contributed by atoms with Crippen LogP contribution in [0.2, 0.25) is 0 Å². The molecule has 1 nitrogen and oxygen atoms in total. The molecule has 0 fully saturated rings. The molecule has 0 atom stereocenters. The fraction of sp³-hybridized carbons (Fsp3) is 0.714. The molecule has 0 spiro atoms. The lowest BCUT2D eigenvalue weighted by molar-refractivity contribution is -0.106. The van der Waals surface area contributed by atoms with Crippen molar-refractivity contribution < 1.29 is 22.0 Å². The molecule has 0 bridgehead atoms. The van der Waals surface area contributed by atoms with Gasteiger partial charge in [0.2, 0.25) is 0 Å². The number of nitrogens with zero attached hydrogens (tertiary/aromatic N) is 1.